The molecular formula is C25H30F3N5O3. The lowest BCUT2D eigenvalue weighted by atomic mass is 9.89. The number of benzene rings is 1. The summed E-state index contributed by atoms with van der Waals surface area (Å²) >= 11 is 0. The summed E-state index contributed by atoms with van der Waals surface area (Å²) < 4.78 is 38.9. The molecule has 1 aromatic carbocycles. The number of amides is 4. The Kier molecular flexibility index (Phi) is 7.90. The summed E-state index contributed by atoms with van der Waals surface area (Å²) in [5, 5.41) is 2.74. The second-order valence-corrected chi connectivity index (χ2v) is 9.17. The molecule has 194 valence electrons. The van der Waals surface area contributed by atoms with Crippen molar-refractivity contribution in [1.82, 2.24) is 20.0 Å². The maximum Gasteiger partial charge on any atom is 0.416 e. The highest BCUT2D eigenvalue weighted by Gasteiger charge is 2.57. The van der Waals surface area contributed by atoms with E-state index < -0.39 is 23.3 Å². The molecule has 3 rings (SSSR count). The Morgan fingerprint density at radius 2 is 1.92 bits per heavy atom. The highest BCUT2D eigenvalue weighted by Crippen LogP contribution is 2.36. The van der Waals surface area contributed by atoms with E-state index in [9.17, 15) is 27.6 Å². The van der Waals surface area contributed by atoms with Crippen molar-refractivity contribution in [3.05, 3.63) is 59.9 Å². The molecule has 36 heavy (non-hydrogen) atoms. The first-order chi connectivity index (χ1) is 16.9. The maximum atomic E-state index is 13.7. The molecular weight excluding hydrogens is 475 g/mol. The number of halogens is 3. The normalized spacial score (nSPS) is 21.3. The number of likely N-dealkylation sites (tertiary alicyclic amines) is 1. The average Bonchev–Trinajstić information content (AvgIpc) is 3.25. The van der Waals surface area contributed by atoms with Gasteiger partial charge in [0, 0.05) is 37.2 Å². The number of hydrogen-bond donors (Lipinski definition) is 1. The van der Waals surface area contributed by atoms with Crippen LogP contribution in [0.1, 0.15) is 38.3 Å². The van der Waals surface area contributed by atoms with E-state index in [1.807, 2.05) is 13.8 Å². The molecule has 4 amide bonds. The Morgan fingerprint density at radius 1 is 1.25 bits per heavy atom. The van der Waals surface area contributed by atoms with Gasteiger partial charge < -0.3 is 20.0 Å². The summed E-state index contributed by atoms with van der Waals surface area (Å²) in [5.74, 6) is -0.591. The third kappa shape index (κ3) is 5.60. The number of aliphatic imine (C=N–C) groups is 1. The highest BCUT2D eigenvalue weighted by molar-refractivity contribution is 5.99. The second kappa shape index (κ2) is 10.5. The minimum atomic E-state index is -4.47. The van der Waals surface area contributed by atoms with Crippen LogP contribution >= 0.6 is 0 Å². The van der Waals surface area contributed by atoms with E-state index in [2.05, 4.69) is 16.9 Å². The molecule has 0 aliphatic carbocycles. The largest absolute Gasteiger partial charge is 0.416 e. The molecule has 2 aliphatic heterocycles. The van der Waals surface area contributed by atoms with Gasteiger partial charge in [0.05, 0.1) is 12.1 Å². The van der Waals surface area contributed by atoms with E-state index >= 15 is 0 Å². The highest BCUT2D eigenvalue weighted by atomic mass is 19.4. The number of nitrogens with one attached hydrogen (secondary N) is 1. The van der Waals surface area contributed by atoms with Crippen molar-refractivity contribution in [2.45, 2.75) is 51.5 Å². The molecule has 1 unspecified atom stereocenters. The van der Waals surface area contributed by atoms with E-state index in [1.165, 1.54) is 39.2 Å². The van der Waals surface area contributed by atoms with Gasteiger partial charge in [-0.3, -0.25) is 14.6 Å². The number of alkyl halides is 3. The van der Waals surface area contributed by atoms with Crippen LogP contribution in [0.2, 0.25) is 0 Å². The molecule has 8 nitrogen and oxygen atoms in total. The van der Waals surface area contributed by atoms with Crippen LogP contribution in [0.15, 0.2) is 53.8 Å². The van der Waals surface area contributed by atoms with Gasteiger partial charge in [-0.05, 0) is 51.0 Å². The Hall–Kier alpha value is -3.63. The van der Waals surface area contributed by atoms with Crippen molar-refractivity contribution >= 4 is 24.1 Å². The van der Waals surface area contributed by atoms with Gasteiger partial charge in [0.2, 0.25) is 5.91 Å². The van der Waals surface area contributed by atoms with Crippen LogP contribution in [0.3, 0.4) is 0 Å². The lowest BCUT2D eigenvalue weighted by Gasteiger charge is -2.48. The van der Waals surface area contributed by atoms with Gasteiger partial charge in [0.25, 0.3) is 5.91 Å². The second-order valence-electron chi connectivity index (χ2n) is 9.17. The van der Waals surface area contributed by atoms with Gasteiger partial charge in [-0.25, -0.2) is 4.79 Å². The Bertz CT molecular complexity index is 1080. The number of carbonyl (C=O) groups excluding carboxylic acids is 3. The lowest BCUT2D eigenvalue weighted by molar-refractivity contribution is -0.166. The molecule has 0 aromatic heterocycles. The maximum absolute atomic E-state index is 13.7. The summed E-state index contributed by atoms with van der Waals surface area (Å²) in [5.41, 5.74) is -1.10. The number of rotatable bonds is 6. The SMILES string of the molecule is C=CN=C/C=C(\C)NC(=O)N1CCC2(C1)C(=O)N(C(C)C)CC(=O)N2Cc1ccc(C(F)(F)F)cc1. The zero-order valence-electron chi connectivity index (χ0n) is 20.5. The minimum absolute atomic E-state index is 0.0265. The molecule has 0 radical (unpaired) electrons. The number of hydrogen-bond acceptors (Lipinski definition) is 4. The van der Waals surface area contributed by atoms with Crippen molar-refractivity contribution in [3.8, 4) is 0 Å². The van der Waals surface area contributed by atoms with Gasteiger partial charge in [-0.15, -0.1) is 0 Å². The molecule has 0 saturated carbocycles. The van der Waals surface area contributed by atoms with Gasteiger partial charge >= 0.3 is 12.2 Å². The molecule has 2 aliphatic rings. The molecule has 2 fully saturated rings. The van der Waals surface area contributed by atoms with Gasteiger partial charge in [-0.2, -0.15) is 13.2 Å². The molecule has 2 saturated heterocycles. The first-order valence-corrected chi connectivity index (χ1v) is 11.5. The smallest absolute Gasteiger partial charge is 0.329 e. The van der Waals surface area contributed by atoms with Crippen molar-refractivity contribution < 1.29 is 27.6 Å². The topological polar surface area (TPSA) is 85.3 Å². The number of nitrogens with zero attached hydrogens (tertiary/aromatic N) is 4. The van der Waals surface area contributed by atoms with Crippen molar-refractivity contribution in [3.63, 3.8) is 0 Å². The molecule has 2 heterocycles. The Morgan fingerprint density at radius 3 is 2.50 bits per heavy atom. The van der Waals surface area contributed by atoms with Crippen LogP contribution in [0.25, 0.3) is 0 Å². The predicted octanol–water partition coefficient (Wildman–Crippen LogP) is 3.56. The van der Waals surface area contributed by atoms with Crippen LogP contribution in [0, 0.1) is 0 Å². The molecule has 1 N–H and O–H groups in total. The van der Waals surface area contributed by atoms with E-state index in [4.69, 9.17) is 0 Å². The van der Waals surface area contributed by atoms with Crippen molar-refractivity contribution in [2.24, 2.45) is 4.99 Å². The van der Waals surface area contributed by atoms with Crippen LogP contribution in [0.4, 0.5) is 18.0 Å². The quantitative estimate of drug-likeness (QED) is 0.600. The van der Waals surface area contributed by atoms with E-state index in [1.54, 1.807) is 13.0 Å². The summed E-state index contributed by atoms with van der Waals surface area (Å²) in [4.78, 5) is 48.0. The molecule has 1 spiro atoms. The van der Waals surface area contributed by atoms with Gasteiger partial charge in [0.1, 0.15) is 12.1 Å². The van der Waals surface area contributed by atoms with Crippen LogP contribution in [-0.4, -0.2) is 70.0 Å². The van der Waals surface area contributed by atoms with Gasteiger partial charge in [-0.1, -0.05) is 18.7 Å². The molecule has 1 aromatic rings. The summed E-state index contributed by atoms with van der Waals surface area (Å²) in [6.45, 7) is 8.81. The van der Waals surface area contributed by atoms with E-state index in [0.29, 0.717) is 11.3 Å². The number of urea groups is 1. The summed E-state index contributed by atoms with van der Waals surface area (Å²) in [7, 11) is 0. The first-order valence-electron chi connectivity index (χ1n) is 11.5. The standard InChI is InChI=1S/C25H30F3N5O3/c1-5-29-12-10-18(4)30-23(36)31-13-11-24(16-31)22(35)32(17(2)3)15-21(34)33(24)14-19-6-8-20(9-7-19)25(26,27)28/h5-10,12,17H,1,11,13-16H2,2-4H3,(H,30,36)/b18-10+,29-12?. The van der Waals surface area contributed by atoms with E-state index in [0.717, 1.165) is 12.1 Å². The minimum Gasteiger partial charge on any atom is -0.329 e. The molecule has 11 heteroatoms. The van der Waals surface area contributed by atoms with Gasteiger partial charge in [0.15, 0.2) is 0 Å². The fourth-order valence-electron chi connectivity index (χ4n) is 4.43. The lowest BCUT2D eigenvalue weighted by Crippen LogP contribution is -2.70. The van der Waals surface area contributed by atoms with Crippen molar-refractivity contribution in [2.75, 3.05) is 19.6 Å². The Labute approximate surface area is 208 Å². The van der Waals surface area contributed by atoms with Crippen LogP contribution in [-0.2, 0) is 22.3 Å². The first kappa shape index (κ1) is 27.0. The zero-order valence-corrected chi connectivity index (χ0v) is 20.5. The van der Waals surface area contributed by atoms with Crippen LogP contribution < -0.4 is 5.32 Å². The average molecular weight is 506 g/mol. The summed E-state index contributed by atoms with van der Waals surface area (Å²) in [6.07, 6.45) is 0.169. The monoisotopic (exact) mass is 505 g/mol. The number of carbonyl (C=O) groups is 3. The van der Waals surface area contributed by atoms with E-state index in [-0.39, 0.29) is 50.5 Å². The predicted molar refractivity (Wildman–Crippen MR) is 129 cm³/mol. The number of allylic oxidation sites excluding steroid dienone is 2. The van der Waals surface area contributed by atoms with Crippen molar-refractivity contribution in [1.29, 1.82) is 0 Å². The fourth-order valence-corrected chi connectivity index (χ4v) is 4.43. The Balaban J connectivity index is 1.87. The van der Waals surface area contributed by atoms with Crippen LogP contribution in [0.5, 0.6) is 0 Å². The summed E-state index contributed by atoms with van der Waals surface area (Å²) in [6, 6.07) is 3.87. The third-order valence-electron chi connectivity index (χ3n) is 6.38. The zero-order chi connectivity index (χ0) is 26.7. The molecule has 0 bridgehead atoms. The molecule has 1 atom stereocenters. The number of piperazine rings is 1. The fraction of sp³-hybridized carbons (Fsp3) is 0.440. The third-order valence-corrected chi connectivity index (χ3v) is 6.38.